The third-order valence-corrected chi connectivity index (χ3v) is 8.82. The van der Waals surface area contributed by atoms with E-state index in [0.717, 1.165) is 66.2 Å². The van der Waals surface area contributed by atoms with Crippen molar-refractivity contribution in [2.75, 3.05) is 37.7 Å². The first-order valence-corrected chi connectivity index (χ1v) is 13.7. The summed E-state index contributed by atoms with van der Waals surface area (Å²) in [5.41, 5.74) is 3.47. The predicted molar refractivity (Wildman–Crippen MR) is 141 cm³/mol. The summed E-state index contributed by atoms with van der Waals surface area (Å²) >= 11 is 1.48. The lowest BCUT2D eigenvalue weighted by molar-refractivity contribution is 0.0724. The normalized spacial score (nSPS) is 21.6. The minimum atomic E-state index is -0.449. The molecule has 0 saturated carbocycles. The molecule has 9 heteroatoms. The topological polar surface area (TPSA) is 79.7 Å². The maximum absolute atomic E-state index is 13.2. The molecule has 190 valence electrons. The van der Waals surface area contributed by atoms with Crippen LogP contribution in [0.15, 0.2) is 24.4 Å². The Balaban J connectivity index is 1.30. The third kappa shape index (κ3) is 3.98. The first kappa shape index (κ1) is 23.5. The Labute approximate surface area is 215 Å². The van der Waals surface area contributed by atoms with Crippen molar-refractivity contribution in [2.24, 2.45) is 7.05 Å². The van der Waals surface area contributed by atoms with E-state index in [9.17, 15) is 9.59 Å². The molecule has 1 N–H and O–H groups in total. The molecule has 1 atom stereocenters. The second-order valence-electron chi connectivity index (χ2n) is 10.7. The van der Waals surface area contributed by atoms with Crippen LogP contribution in [0.4, 0.5) is 5.13 Å². The molecule has 36 heavy (non-hydrogen) atoms. The van der Waals surface area contributed by atoms with Crippen molar-refractivity contribution in [1.29, 1.82) is 0 Å². The molecule has 6 rings (SSSR count). The maximum Gasteiger partial charge on any atom is 0.264 e. The first-order chi connectivity index (χ1) is 17.3. The monoisotopic (exact) mass is 507 g/mol. The van der Waals surface area contributed by atoms with Crippen LogP contribution in [0.3, 0.4) is 0 Å². The highest BCUT2D eigenvalue weighted by Crippen LogP contribution is 2.38. The average Bonchev–Trinajstić information content (AvgIpc) is 3.52. The average molecular weight is 508 g/mol. The van der Waals surface area contributed by atoms with Crippen LogP contribution in [0.1, 0.15) is 64.4 Å². The van der Waals surface area contributed by atoms with Gasteiger partial charge in [-0.2, -0.15) is 0 Å². The number of nitrogens with zero attached hydrogens (tertiary/aromatic N) is 4. The Hall–Kier alpha value is -2.91. The molecule has 0 bridgehead atoms. The van der Waals surface area contributed by atoms with E-state index < -0.39 is 5.54 Å². The number of fused-ring (bicyclic) bond motifs is 2. The molecule has 3 aliphatic heterocycles. The van der Waals surface area contributed by atoms with Gasteiger partial charge in [0.2, 0.25) is 0 Å². The van der Waals surface area contributed by atoms with Crippen molar-refractivity contribution in [1.82, 2.24) is 19.8 Å². The highest BCUT2D eigenvalue weighted by Gasteiger charge is 2.40. The fraction of sp³-hybridized carbons (Fsp3) is 0.519. The number of amides is 2. The summed E-state index contributed by atoms with van der Waals surface area (Å²) in [6, 6.07) is 6.20. The Bertz CT molecular complexity index is 1340. The van der Waals surface area contributed by atoms with E-state index >= 15 is 0 Å². The predicted octanol–water partition coefficient (Wildman–Crippen LogP) is 3.69. The zero-order chi connectivity index (χ0) is 25.0. The summed E-state index contributed by atoms with van der Waals surface area (Å²) < 4.78 is 8.03. The minimum absolute atomic E-state index is 0.0384. The van der Waals surface area contributed by atoms with Crippen LogP contribution in [0, 0.1) is 0 Å². The SMILES string of the molecule is Cn1cc(C[C@H]2COCCN2c2nc3c(s2)C(=O)NC3(C)C)c2cc(C(=O)N3CCCCC3)ccc21. The van der Waals surface area contributed by atoms with E-state index in [1.54, 1.807) is 0 Å². The molecule has 0 radical (unpaired) electrons. The number of nitrogens with one attached hydrogen (secondary N) is 1. The second kappa shape index (κ2) is 8.88. The number of aromatic nitrogens is 2. The highest BCUT2D eigenvalue weighted by atomic mass is 32.1. The smallest absolute Gasteiger partial charge is 0.264 e. The molecule has 2 fully saturated rings. The van der Waals surface area contributed by atoms with Crippen molar-refractivity contribution in [3.8, 4) is 0 Å². The quantitative estimate of drug-likeness (QED) is 0.583. The summed E-state index contributed by atoms with van der Waals surface area (Å²) in [6.07, 6.45) is 6.32. The van der Waals surface area contributed by atoms with Gasteiger partial charge in [0.25, 0.3) is 11.8 Å². The molecule has 2 saturated heterocycles. The van der Waals surface area contributed by atoms with E-state index in [2.05, 4.69) is 40.2 Å². The lowest BCUT2D eigenvalue weighted by atomic mass is 10.0. The lowest BCUT2D eigenvalue weighted by Gasteiger charge is -2.35. The number of rotatable bonds is 4. The number of ether oxygens (including phenoxy) is 1. The van der Waals surface area contributed by atoms with Crippen LogP contribution in [0.25, 0.3) is 10.9 Å². The second-order valence-corrected chi connectivity index (χ2v) is 11.7. The van der Waals surface area contributed by atoms with E-state index in [1.165, 1.54) is 23.3 Å². The standard InChI is InChI=1S/C27H33N5O3S/c1-27(2)23-22(24(33)29-27)36-26(28-23)32-11-12-35-16-19(32)13-18-15-30(3)21-8-7-17(14-20(18)21)25(34)31-9-5-4-6-10-31/h7-8,14-15,19H,4-6,9-13,16H2,1-3H3,(H,29,33)/t19-/m0/s1. The minimum Gasteiger partial charge on any atom is -0.377 e. The van der Waals surface area contributed by atoms with E-state index in [0.29, 0.717) is 18.1 Å². The number of likely N-dealkylation sites (tertiary alicyclic amines) is 1. The third-order valence-electron chi connectivity index (χ3n) is 7.73. The molecule has 1 aromatic carbocycles. The molecule has 3 aromatic rings. The van der Waals surface area contributed by atoms with Gasteiger partial charge in [-0.3, -0.25) is 9.59 Å². The van der Waals surface area contributed by atoms with E-state index in [-0.39, 0.29) is 17.9 Å². The number of benzene rings is 1. The Kier molecular flexibility index (Phi) is 5.80. The van der Waals surface area contributed by atoms with Crippen molar-refractivity contribution in [3.05, 3.63) is 46.1 Å². The van der Waals surface area contributed by atoms with Gasteiger partial charge in [0.05, 0.1) is 30.5 Å². The summed E-state index contributed by atoms with van der Waals surface area (Å²) in [4.78, 5) is 35.6. The zero-order valence-electron chi connectivity index (χ0n) is 21.2. The molecule has 0 aliphatic carbocycles. The first-order valence-electron chi connectivity index (χ1n) is 12.9. The number of hydrogen-bond donors (Lipinski definition) is 1. The van der Waals surface area contributed by atoms with Gasteiger partial charge in [-0.15, -0.1) is 0 Å². The molecular weight excluding hydrogens is 474 g/mol. The number of hydrogen-bond acceptors (Lipinski definition) is 6. The van der Waals surface area contributed by atoms with E-state index in [4.69, 9.17) is 9.72 Å². The number of carbonyl (C=O) groups is 2. The maximum atomic E-state index is 13.2. The van der Waals surface area contributed by atoms with Crippen molar-refractivity contribution in [2.45, 2.75) is 51.1 Å². The van der Waals surface area contributed by atoms with Crippen LogP contribution in [-0.2, 0) is 23.7 Å². The molecule has 3 aliphatic rings. The van der Waals surface area contributed by atoms with Gasteiger partial charge < -0.3 is 24.4 Å². The Morgan fingerprint density at radius 1 is 1.22 bits per heavy atom. The van der Waals surface area contributed by atoms with Crippen LogP contribution < -0.4 is 10.2 Å². The Morgan fingerprint density at radius 3 is 2.81 bits per heavy atom. The number of thiazole rings is 1. The summed E-state index contributed by atoms with van der Waals surface area (Å²) in [6.45, 7) is 7.66. The summed E-state index contributed by atoms with van der Waals surface area (Å²) in [5, 5.41) is 5.02. The van der Waals surface area contributed by atoms with Gasteiger partial charge in [-0.25, -0.2) is 4.98 Å². The van der Waals surface area contributed by atoms with Crippen molar-refractivity contribution >= 4 is 39.2 Å². The van der Waals surface area contributed by atoms with Gasteiger partial charge >= 0.3 is 0 Å². The number of carbonyl (C=O) groups excluding carboxylic acids is 2. The number of morpholine rings is 1. The molecule has 5 heterocycles. The Morgan fingerprint density at radius 2 is 2.03 bits per heavy atom. The fourth-order valence-electron chi connectivity index (χ4n) is 5.79. The van der Waals surface area contributed by atoms with Crippen LogP contribution in [0.5, 0.6) is 0 Å². The molecule has 2 amide bonds. The number of piperidine rings is 1. The van der Waals surface area contributed by atoms with Gasteiger partial charge in [-0.05, 0) is 63.3 Å². The van der Waals surface area contributed by atoms with Crippen molar-refractivity contribution < 1.29 is 14.3 Å². The number of aryl methyl sites for hydroxylation is 1. The van der Waals surface area contributed by atoms with Gasteiger partial charge in [-0.1, -0.05) is 11.3 Å². The molecule has 8 nitrogen and oxygen atoms in total. The lowest BCUT2D eigenvalue weighted by Crippen LogP contribution is -2.47. The fourth-order valence-corrected chi connectivity index (χ4v) is 7.01. The van der Waals surface area contributed by atoms with Gasteiger partial charge in [0, 0.05) is 49.3 Å². The van der Waals surface area contributed by atoms with E-state index in [1.807, 2.05) is 24.8 Å². The van der Waals surface area contributed by atoms with Crippen molar-refractivity contribution in [3.63, 3.8) is 0 Å². The molecule has 0 unspecified atom stereocenters. The molecular formula is C27H33N5O3S. The van der Waals surface area contributed by atoms with Gasteiger partial charge in [0.15, 0.2) is 5.13 Å². The van der Waals surface area contributed by atoms with Crippen LogP contribution >= 0.6 is 11.3 Å². The largest absolute Gasteiger partial charge is 0.377 e. The molecule has 2 aromatic heterocycles. The van der Waals surface area contributed by atoms with Crippen LogP contribution in [0.2, 0.25) is 0 Å². The molecule has 0 spiro atoms. The summed E-state index contributed by atoms with van der Waals surface area (Å²) in [5.74, 6) is 0.0933. The summed E-state index contributed by atoms with van der Waals surface area (Å²) in [7, 11) is 2.05. The van der Waals surface area contributed by atoms with Crippen LogP contribution in [-0.4, -0.2) is 65.2 Å². The zero-order valence-corrected chi connectivity index (χ0v) is 22.0. The number of anilines is 1. The van der Waals surface area contributed by atoms with Gasteiger partial charge in [0.1, 0.15) is 4.88 Å². The highest BCUT2D eigenvalue weighted by molar-refractivity contribution is 7.17.